The number of nitrogens with one attached hydrogen (secondary N) is 2. The van der Waals surface area contributed by atoms with E-state index in [9.17, 15) is 13.2 Å². The van der Waals surface area contributed by atoms with Gasteiger partial charge in [0.05, 0.1) is 11.9 Å². The first kappa shape index (κ1) is 18.9. The molecule has 1 aromatic heterocycles. The molecule has 8 nitrogen and oxygen atoms in total. The van der Waals surface area contributed by atoms with Gasteiger partial charge in [0.25, 0.3) is 5.91 Å². The van der Waals surface area contributed by atoms with Crippen molar-refractivity contribution in [3.8, 4) is 0 Å². The van der Waals surface area contributed by atoms with Crippen LogP contribution in [0.4, 0.5) is 5.69 Å². The first-order valence-electron chi connectivity index (χ1n) is 9.60. The van der Waals surface area contributed by atoms with Gasteiger partial charge in [-0.2, -0.15) is 4.72 Å². The lowest BCUT2D eigenvalue weighted by molar-refractivity contribution is 0.0648. The number of carbonyl (C=O) groups is 1. The molecule has 0 bridgehead atoms. The number of hydrogen-bond donors (Lipinski definition) is 2. The molecule has 0 spiro atoms. The van der Waals surface area contributed by atoms with E-state index in [2.05, 4.69) is 15.2 Å². The van der Waals surface area contributed by atoms with E-state index >= 15 is 0 Å². The normalized spacial score (nSPS) is 23.7. The fourth-order valence-electron chi connectivity index (χ4n) is 3.87. The number of amides is 1. The summed E-state index contributed by atoms with van der Waals surface area (Å²) in [5.74, 6) is 0.496. The smallest absolute Gasteiger partial charge is 0.276 e. The quantitative estimate of drug-likeness (QED) is 0.810. The van der Waals surface area contributed by atoms with Crippen LogP contribution in [-0.4, -0.2) is 43.6 Å². The largest absolute Gasteiger partial charge is 0.368 e. The van der Waals surface area contributed by atoms with Crippen LogP contribution in [0.15, 0.2) is 39.8 Å². The average Bonchev–Trinajstić information content (AvgIpc) is 3.16. The molecular weight excluding hydrogens is 380 g/mol. The molecule has 2 aromatic rings. The van der Waals surface area contributed by atoms with Crippen LogP contribution in [0.3, 0.4) is 0 Å². The number of carbonyl (C=O) groups excluding carboxylic acids is 1. The van der Waals surface area contributed by atoms with Crippen LogP contribution in [0, 0.1) is 5.92 Å². The highest BCUT2D eigenvalue weighted by Gasteiger charge is 2.37. The van der Waals surface area contributed by atoms with Gasteiger partial charge in [0.15, 0.2) is 5.69 Å². The third kappa shape index (κ3) is 3.64. The molecule has 1 fully saturated rings. The number of anilines is 1. The van der Waals surface area contributed by atoms with Crippen LogP contribution in [0.25, 0.3) is 0 Å². The molecule has 2 N–H and O–H groups in total. The first-order valence-corrected chi connectivity index (χ1v) is 11.1. The second-order valence-electron chi connectivity index (χ2n) is 7.32. The molecule has 1 saturated heterocycles. The van der Waals surface area contributed by atoms with Crippen LogP contribution in [0.5, 0.6) is 0 Å². The van der Waals surface area contributed by atoms with E-state index in [0.29, 0.717) is 30.2 Å². The number of aryl methyl sites for hydroxylation is 1. The van der Waals surface area contributed by atoms with Gasteiger partial charge in [0, 0.05) is 31.5 Å². The van der Waals surface area contributed by atoms with Gasteiger partial charge < -0.3 is 14.7 Å². The Bertz CT molecular complexity index is 972. The minimum atomic E-state index is -3.58. The molecule has 0 radical (unpaired) electrons. The number of likely N-dealkylation sites (tertiary alicyclic amines) is 1. The number of fused-ring (bicyclic) bond motifs is 1. The van der Waals surface area contributed by atoms with Crippen LogP contribution < -0.4 is 10.0 Å². The number of rotatable bonds is 4. The predicted octanol–water partition coefficient (Wildman–Crippen LogP) is 2.21. The lowest BCUT2D eigenvalue weighted by Crippen LogP contribution is -2.54. The molecule has 2 atom stereocenters. The van der Waals surface area contributed by atoms with Crippen molar-refractivity contribution < 1.29 is 17.7 Å². The molecule has 150 valence electrons. The Labute approximate surface area is 164 Å². The Hall–Kier alpha value is -2.39. The number of hydrogen-bond acceptors (Lipinski definition) is 6. The van der Waals surface area contributed by atoms with E-state index in [1.54, 1.807) is 35.2 Å². The number of nitrogens with zero attached hydrogens (tertiary/aromatic N) is 2. The third-order valence-corrected chi connectivity index (χ3v) is 6.76. The fourth-order valence-corrected chi connectivity index (χ4v) is 5.26. The highest BCUT2D eigenvalue weighted by Crippen LogP contribution is 2.30. The van der Waals surface area contributed by atoms with Crippen molar-refractivity contribution in [3.63, 3.8) is 0 Å². The van der Waals surface area contributed by atoms with Crippen molar-refractivity contribution in [2.45, 2.75) is 43.7 Å². The Morgan fingerprint density at radius 1 is 1.36 bits per heavy atom. The maximum Gasteiger partial charge on any atom is 0.276 e. The van der Waals surface area contributed by atoms with Crippen molar-refractivity contribution in [3.05, 3.63) is 41.8 Å². The number of piperidine rings is 1. The minimum absolute atomic E-state index is 0.0390. The van der Waals surface area contributed by atoms with Gasteiger partial charge in [-0.25, -0.2) is 8.42 Å². The van der Waals surface area contributed by atoms with Crippen molar-refractivity contribution in [2.75, 3.05) is 18.4 Å². The van der Waals surface area contributed by atoms with E-state index in [-0.39, 0.29) is 16.7 Å². The van der Waals surface area contributed by atoms with E-state index in [1.807, 2.05) is 6.92 Å². The Kier molecular flexibility index (Phi) is 5.11. The summed E-state index contributed by atoms with van der Waals surface area (Å²) in [4.78, 5) is 14.8. The maximum absolute atomic E-state index is 12.8. The summed E-state index contributed by atoms with van der Waals surface area (Å²) >= 11 is 0. The van der Waals surface area contributed by atoms with Crippen molar-refractivity contribution >= 4 is 21.6 Å². The third-order valence-electron chi connectivity index (χ3n) is 5.26. The molecule has 0 aliphatic carbocycles. The molecule has 2 aliphatic rings. The molecule has 9 heteroatoms. The standard InChI is InChI=1S/C19H24N4O4S/c1-2-6-14-11-16(21-27-14)19(24)23-10-5-7-13(12-23)18-20-15-8-3-4-9-17(15)28(25,26)22-18/h3-4,8-9,11,13,18,20,22H,2,5-7,10,12H2,1H3/t13-,18-/m0/s1. The van der Waals surface area contributed by atoms with Gasteiger partial charge in [-0.1, -0.05) is 24.2 Å². The van der Waals surface area contributed by atoms with Gasteiger partial charge in [-0.3, -0.25) is 4.79 Å². The van der Waals surface area contributed by atoms with Gasteiger partial charge in [0.2, 0.25) is 10.0 Å². The summed E-state index contributed by atoms with van der Waals surface area (Å²) in [5, 5.41) is 7.19. The summed E-state index contributed by atoms with van der Waals surface area (Å²) < 4.78 is 33.1. The van der Waals surface area contributed by atoms with Gasteiger partial charge in [-0.15, -0.1) is 0 Å². The molecule has 1 amide bonds. The van der Waals surface area contributed by atoms with Crippen molar-refractivity contribution in [1.82, 2.24) is 14.8 Å². The second kappa shape index (κ2) is 7.56. The van der Waals surface area contributed by atoms with Crippen LogP contribution in [0.2, 0.25) is 0 Å². The Morgan fingerprint density at radius 3 is 3.00 bits per heavy atom. The number of para-hydroxylation sites is 1. The summed E-state index contributed by atoms with van der Waals surface area (Å²) in [7, 11) is -3.58. The average molecular weight is 404 g/mol. The lowest BCUT2D eigenvalue weighted by Gasteiger charge is -2.39. The molecule has 2 aliphatic heterocycles. The Morgan fingerprint density at radius 2 is 2.18 bits per heavy atom. The van der Waals surface area contributed by atoms with E-state index in [4.69, 9.17) is 4.52 Å². The van der Waals surface area contributed by atoms with E-state index in [1.165, 1.54) is 0 Å². The van der Waals surface area contributed by atoms with Gasteiger partial charge >= 0.3 is 0 Å². The molecule has 0 saturated carbocycles. The summed E-state index contributed by atoms with van der Waals surface area (Å²) in [5.41, 5.74) is 0.905. The molecule has 3 heterocycles. The van der Waals surface area contributed by atoms with E-state index < -0.39 is 16.2 Å². The summed E-state index contributed by atoms with van der Waals surface area (Å²) in [6.45, 7) is 3.12. The number of sulfonamides is 1. The van der Waals surface area contributed by atoms with Crippen molar-refractivity contribution in [2.24, 2.45) is 5.92 Å². The molecular formula is C19H24N4O4S. The fraction of sp³-hybridized carbons (Fsp3) is 0.474. The zero-order valence-corrected chi connectivity index (χ0v) is 16.5. The monoisotopic (exact) mass is 404 g/mol. The zero-order valence-electron chi connectivity index (χ0n) is 15.7. The summed E-state index contributed by atoms with van der Waals surface area (Å²) in [6, 6.07) is 8.55. The molecule has 1 aromatic carbocycles. The molecule has 28 heavy (non-hydrogen) atoms. The number of aromatic nitrogens is 1. The first-order chi connectivity index (χ1) is 13.5. The topological polar surface area (TPSA) is 105 Å². The van der Waals surface area contributed by atoms with E-state index in [0.717, 1.165) is 25.7 Å². The lowest BCUT2D eigenvalue weighted by atomic mass is 9.94. The predicted molar refractivity (Wildman–Crippen MR) is 103 cm³/mol. The zero-order chi connectivity index (χ0) is 19.7. The van der Waals surface area contributed by atoms with Crippen molar-refractivity contribution in [1.29, 1.82) is 0 Å². The van der Waals surface area contributed by atoms with Gasteiger partial charge in [0.1, 0.15) is 10.7 Å². The highest BCUT2D eigenvalue weighted by molar-refractivity contribution is 7.89. The van der Waals surface area contributed by atoms with Gasteiger partial charge in [-0.05, 0) is 31.4 Å². The highest BCUT2D eigenvalue weighted by atomic mass is 32.2. The van der Waals surface area contributed by atoms with Crippen LogP contribution in [-0.2, 0) is 16.4 Å². The maximum atomic E-state index is 12.8. The second-order valence-corrected chi connectivity index (χ2v) is 9.00. The minimum Gasteiger partial charge on any atom is -0.368 e. The Balaban J connectivity index is 1.49. The van der Waals surface area contributed by atoms with Crippen LogP contribution >= 0.6 is 0 Å². The number of benzene rings is 1. The molecule has 0 unspecified atom stereocenters. The SMILES string of the molecule is CCCc1cc(C(=O)N2CCC[C@H]([C@H]3Nc4ccccc4S(=O)(=O)N3)C2)no1. The van der Waals surface area contributed by atoms with Crippen LogP contribution in [0.1, 0.15) is 42.4 Å². The summed E-state index contributed by atoms with van der Waals surface area (Å²) in [6.07, 6.45) is 2.84. The molecule has 4 rings (SSSR count).